The van der Waals surface area contributed by atoms with Gasteiger partial charge in [-0.05, 0) is 18.2 Å². The van der Waals surface area contributed by atoms with Crippen molar-refractivity contribution >= 4 is 11.0 Å². The largest absolute Gasteiger partial charge is 0.508 e. The summed E-state index contributed by atoms with van der Waals surface area (Å²) in [7, 11) is 0. The molecule has 0 bridgehead atoms. The summed E-state index contributed by atoms with van der Waals surface area (Å²) in [6.07, 6.45) is -5.31. The van der Waals surface area contributed by atoms with E-state index in [1.54, 1.807) is 0 Å². The van der Waals surface area contributed by atoms with Crippen molar-refractivity contribution in [1.82, 2.24) is 0 Å². The lowest BCUT2D eigenvalue weighted by Gasteiger charge is -2.36. The Morgan fingerprint density at radius 2 is 1.72 bits per heavy atom. The van der Waals surface area contributed by atoms with E-state index >= 15 is 0 Å². The molecule has 170 valence electrons. The van der Waals surface area contributed by atoms with Gasteiger partial charge in [0.15, 0.2) is 17.3 Å². The molecule has 0 saturated carbocycles. The Morgan fingerprint density at radius 1 is 0.969 bits per heavy atom. The average molecular weight is 448 g/mol. The van der Waals surface area contributed by atoms with Crippen molar-refractivity contribution in [1.29, 1.82) is 0 Å². The minimum Gasteiger partial charge on any atom is -0.508 e. The average Bonchev–Trinajstić information content (AvgIpc) is 2.73. The predicted octanol–water partition coefficient (Wildman–Crippen LogP) is 0.490. The first-order valence-electron chi connectivity index (χ1n) is 9.53. The summed E-state index contributed by atoms with van der Waals surface area (Å²) >= 11 is 0. The van der Waals surface area contributed by atoms with Crippen LogP contribution in [0.4, 0.5) is 0 Å². The third-order valence-electron chi connectivity index (χ3n) is 5.10. The highest BCUT2D eigenvalue weighted by Crippen LogP contribution is 2.39. The fraction of sp³-hybridized carbons (Fsp3) is 0.286. The van der Waals surface area contributed by atoms with E-state index in [2.05, 4.69) is 0 Å². The second-order valence-electron chi connectivity index (χ2n) is 7.34. The third-order valence-corrected chi connectivity index (χ3v) is 5.10. The van der Waals surface area contributed by atoms with Gasteiger partial charge in [-0.1, -0.05) is 0 Å². The topological polar surface area (TPSA) is 190 Å². The molecule has 4 atom stereocenters. The molecule has 1 aliphatic heterocycles. The Kier molecular flexibility index (Phi) is 5.57. The van der Waals surface area contributed by atoms with Gasteiger partial charge in [0.2, 0.25) is 17.5 Å². The maximum absolute atomic E-state index is 13.2. The minimum absolute atomic E-state index is 0.0844. The third kappa shape index (κ3) is 3.78. The summed E-state index contributed by atoms with van der Waals surface area (Å²) in [6, 6.07) is 5.57. The van der Waals surface area contributed by atoms with E-state index in [0.717, 1.165) is 24.3 Å². The first-order chi connectivity index (χ1) is 15.2. The van der Waals surface area contributed by atoms with E-state index in [1.807, 2.05) is 0 Å². The number of rotatable bonds is 4. The highest BCUT2D eigenvalue weighted by molar-refractivity contribution is 5.88. The molecule has 4 rings (SSSR count). The summed E-state index contributed by atoms with van der Waals surface area (Å²) in [5.74, 6) is -2.69. The molecule has 0 aliphatic carbocycles. The standard InChI is InChI=1S/C21H20O11/c22-7-16-12(26)6-14(28)21(31-16)32-20-18(29)17-13(27)4-9(23)5-15(17)30-19(20)8-1-2-10(24)11(25)3-8/h1-5,12,14,16,21-28H,6-7H2/t12-,14+,16+,21-/m0/s1. The number of fused-ring (bicyclic) bond motifs is 1. The van der Waals surface area contributed by atoms with Crippen molar-refractivity contribution in [2.24, 2.45) is 0 Å². The lowest BCUT2D eigenvalue weighted by atomic mass is 10.0. The first kappa shape index (κ1) is 21.7. The SMILES string of the molecule is O=c1c(O[C@@H]2O[C@H](CO)[C@@H](O)C[C@H]2O)c(-c2ccc(O)c(O)c2)oc2cc(O)cc(O)c12. The smallest absolute Gasteiger partial charge is 0.239 e. The van der Waals surface area contributed by atoms with Gasteiger partial charge in [0.05, 0.1) is 12.7 Å². The summed E-state index contributed by atoms with van der Waals surface area (Å²) in [5, 5.41) is 68.6. The molecule has 32 heavy (non-hydrogen) atoms. The zero-order valence-corrected chi connectivity index (χ0v) is 16.4. The molecule has 1 aliphatic rings. The van der Waals surface area contributed by atoms with Gasteiger partial charge in [0, 0.05) is 24.1 Å². The van der Waals surface area contributed by atoms with E-state index < -0.39 is 59.6 Å². The molecule has 3 aromatic rings. The molecule has 7 N–H and O–H groups in total. The first-order valence-corrected chi connectivity index (χ1v) is 9.53. The summed E-state index contributed by atoms with van der Waals surface area (Å²) in [5.41, 5.74) is -0.994. The van der Waals surface area contributed by atoms with Crippen LogP contribution in [0.1, 0.15) is 6.42 Å². The van der Waals surface area contributed by atoms with Crippen molar-refractivity contribution in [3.63, 3.8) is 0 Å². The molecule has 1 saturated heterocycles. The number of ether oxygens (including phenoxy) is 2. The van der Waals surface area contributed by atoms with Crippen LogP contribution in [-0.4, -0.2) is 67.0 Å². The molecule has 0 radical (unpaired) electrons. The highest BCUT2D eigenvalue weighted by atomic mass is 16.7. The fourth-order valence-corrected chi connectivity index (χ4v) is 3.48. The van der Waals surface area contributed by atoms with Crippen LogP contribution in [0.5, 0.6) is 28.7 Å². The van der Waals surface area contributed by atoms with Gasteiger partial charge >= 0.3 is 0 Å². The molecular weight excluding hydrogens is 428 g/mol. The molecule has 11 nitrogen and oxygen atoms in total. The molecule has 1 fully saturated rings. The Hall–Kier alpha value is -3.51. The van der Waals surface area contributed by atoms with Gasteiger partial charge in [-0.2, -0.15) is 0 Å². The van der Waals surface area contributed by atoms with E-state index in [-0.39, 0.29) is 34.5 Å². The molecule has 2 aromatic carbocycles. The number of aromatic hydroxyl groups is 4. The van der Waals surface area contributed by atoms with Crippen molar-refractivity contribution < 1.29 is 49.6 Å². The molecule has 0 amide bonds. The van der Waals surface area contributed by atoms with Crippen LogP contribution in [-0.2, 0) is 4.74 Å². The molecule has 11 heteroatoms. The number of aliphatic hydroxyl groups excluding tert-OH is 3. The number of hydrogen-bond acceptors (Lipinski definition) is 11. The van der Waals surface area contributed by atoms with Crippen molar-refractivity contribution in [2.45, 2.75) is 31.0 Å². The zero-order valence-electron chi connectivity index (χ0n) is 16.4. The number of hydrogen-bond donors (Lipinski definition) is 7. The zero-order chi connectivity index (χ0) is 23.2. The van der Waals surface area contributed by atoms with Crippen LogP contribution in [0.15, 0.2) is 39.5 Å². The molecule has 1 aromatic heterocycles. The van der Waals surface area contributed by atoms with Crippen molar-refractivity contribution in [3.05, 3.63) is 40.6 Å². The summed E-state index contributed by atoms with van der Waals surface area (Å²) < 4.78 is 16.7. The maximum atomic E-state index is 13.2. The number of benzene rings is 2. The summed E-state index contributed by atoms with van der Waals surface area (Å²) in [4.78, 5) is 13.2. The van der Waals surface area contributed by atoms with E-state index in [9.17, 15) is 40.5 Å². The molecule has 0 spiro atoms. The van der Waals surface area contributed by atoms with Gasteiger partial charge in [0.1, 0.15) is 34.7 Å². The Balaban J connectivity index is 1.90. The summed E-state index contributed by atoms with van der Waals surface area (Å²) in [6.45, 7) is -0.571. The van der Waals surface area contributed by atoms with Crippen LogP contribution in [0.25, 0.3) is 22.3 Å². The van der Waals surface area contributed by atoms with Crippen LogP contribution >= 0.6 is 0 Å². The lowest BCUT2D eigenvalue weighted by Crippen LogP contribution is -2.51. The van der Waals surface area contributed by atoms with Crippen LogP contribution in [0, 0.1) is 0 Å². The number of phenols is 4. The lowest BCUT2D eigenvalue weighted by molar-refractivity contribution is -0.240. The number of aliphatic hydroxyl groups is 3. The molecular formula is C21H20O11. The van der Waals surface area contributed by atoms with Gasteiger partial charge < -0.3 is 49.6 Å². The van der Waals surface area contributed by atoms with E-state index in [4.69, 9.17) is 13.9 Å². The van der Waals surface area contributed by atoms with Gasteiger partial charge in [-0.3, -0.25) is 4.79 Å². The van der Waals surface area contributed by atoms with Crippen LogP contribution in [0.3, 0.4) is 0 Å². The predicted molar refractivity (Wildman–Crippen MR) is 108 cm³/mol. The Bertz CT molecular complexity index is 1220. The second kappa shape index (κ2) is 8.20. The number of phenolic OH excluding ortho intramolecular Hbond substituents is 4. The quantitative estimate of drug-likeness (QED) is 0.275. The van der Waals surface area contributed by atoms with E-state index in [1.165, 1.54) is 6.07 Å². The van der Waals surface area contributed by atoms with Crippen molar-refractivity contribution in [2.75, 3.05) is 6.61 Å². The van der Waals surface area contributed by atoms with Gasteiger partial charge in [-0.15, -0.1) is 0 Å². The molecule has 0 unspecified atom stereocenters. The normalized spacial score (nSPS) is 23.3. The van der Waals surface area contributed by atoms with Crippen LogP contribution in [0.2, 0.25) is 0 Å². The van der Waals surface area contributed by atoms with Crippen molar-refractivity contribution in [3.8, 4) is 40.1 Å². The highest BCUT2D eigenvalue weighted by Gasteiger charge is 2.38. The Morgan fingerprint density at radius 3 is 2.41 bits per heavy atom. The van der Waals surface area contributed by atoms with Gasteiger partial charge in [-0.25, -0.2) is 0 Å². The van der Waals surface area contributed by atoms with E-state index in [0.29, 0.717) is 0 Å². The maximum Gasteiger partial charge on any atom is 0.239 e. The van der Waals surface area contributed by atoms with Gasteiger partial charge in [0.25, 0.3) is 0 Å². The van der Waals surface area contributed by atoms with Crippen LogP contribution < -0.4 is 10.2 Å². The second-order valence-corrected chi connectivity index (χ2v) is 7.34. The monoisotopic (exact) mass is 448 g/mol. The minimum atomic E-state index is -1.49. The molecule has 2 heterocycles. The fourth-order valence-electron chi connectivity index (χ4n) is 3.48. The Labute approximate surface area is 179 Å².